The SMILES string of the molecule is C=CCn1c(O)c(C=Nc2ccc(Br)cc2C)c(=O)[nH]c1=S. The quantitative estimate of drug-likeness (QED) is 0.484. The molecule has 0 saturated carbocycles. The van der Waals surface area contributed by atoms with Gasteiger partial charge in [0.2, 0.25) is 5.88 Å². The molecule has 7 heteroatoms. The Bertz CT molecular complexity index is 868. The van der Waals surface area contributed by atoms with Gasteiger partial charge in [0.1, 0.15) is 5.56 Å². The van der Waals surface area contributed by atoms with Gasteiger partial charge in [-0.1, -0.05) is 22.0 Å². The molecular formula is C15H14BrN3O2S. The number of H-pyrrole nitrogens is 1. The van der Waals surface area contributed by atoms with Crippen molar-refractivity contribution < 1.29 is 5.11 Å². The fourth-order valence-electron chi connectivity index (χ4n) is 1.89. The van der Waals surface area contributed by atoms with Crippen molar-refractivity contribution in [2.75, 3.05) is 0 Å². The van der Waals surface area contributed by atoms with E-state index in [9.17, 15) is 9.90 Å². The summed E-state index contributed by atoms with van der Waals surface area (Å²) >= 11 is 8.39. The summed E-state index contributed by atoms with van der Waals surface area (Å²) in [6, 6.07) is 5.59. The number of aromatic nitrogens is 2. The Kier molecular flexibility index (Phi) is 5.10. The zero-order valence-corrected chi connectivity index (χ0v) is 14.2. The molecule has 0 radical (unpaired) electrons. The van der Waals surface area contributed by atoms with Gasteiger partial charge in [0, 0.05) is 17.2 Å². The number of hydrogen-bond donors (Lipinski definition) is 2. The van der Waals surface area contributed by atoms with E-state index in [-0.39, 0.29) is 16.2 Å². The molecule has 2 N–H and O–H groups in total. The van der Waals surface area contributed by atoms with Crippen molar-refractivity contribution in [2.24, 2.45) is 4.99 Å². The molecule has 0 bridgehead atoms. The van der Waals surface area contributed by atoms with E-state index < -0.39 is 5.56 Å². The second kappa shape index (κ2) is 6.85. The van der Waals surface area contributed by atoms with Crippen LogP contribution in [-0.4, -0.2) is 20.9 Å². The average molecular weight is 380 g/mol. The van der Waals surface area contributed by atoms with Crippen LogP contribution in [0.15, 0.2) is 45.1 Å². The van der Waals surface area contributed by atoms with E-state index in [0.29, 0.717) is 12.2 Å². The Morgan fingerprint density at radius 2 is 2.27 bits per heavy atom. The first-order chi connectivity index (χ1) is 10.4. The monoisotopic (exact) mass is 379 g/mol. The second-order valence-corrected chi connectivity index (χ2v) is 5.89. The van der Waals surface area contributed by atoms with Crippen molar-refractivity contribution in [2.45, 2.75) is 13.5 Å². The Morgan fingerprint density at radius 3 is 2.91 bits per heavy atom. The predicted octanol–water partition coefficient (Wildman–Crippen LogP) is 3.62. The van der Waals surface area contributed by atoms with E-state index in [1.54, 1.807) is 6.08 Å². The second-order valence-electron chi connectivity index (χ2n) is 4.58. The predicted molar refractivity (Wildman–Crippen MR) is 93.9 cm³/mol. The number of nitrogens with one attached hydrogen (secondary N) is 1. The molecule has 5 nitrogen and oxygen atoms in total. The number of allylic oxidation sites excluding steroid dienone is 1. The van der Waals surface area contributed by atoms with Crippen molar-refractivity contribution in [3.8, 4) is 5.88 Å². The number of hydrogen-bond acceptors (Lipinski definition) is 4. The van der Waals surface area contributed by atoms with Crippen LogP contribution in [0.25, 0.3) is 0 Å². The fraction of sp³-hybridized carbons (Fsp3) is 0.133. The Morgan fingerprint density at radius 1 is 1.55 bits per heavy atom. The van der Waals surface area contributed by atoms with Crippen molar-refractivity contribution >= 4 is 40.0 Å². The summed E-state index contributed by atoms with van der Waals surface area (Å²) in [6.45, 7) is 5.80. The molecule has 1 aromatic heterocycles. The molecule has 0 aliphatic heterocycles. The lowest BCUT2D eigenvalue weighted by Gasteiger charge is -2.08. The molecule has 0 atom stereocenters. The van der Waals surface area contributed by atoms with Gasteiger partial charge in [-0.2, -0.15) is 0 Å². The van der Waals surface area contributed by atoms with Gasteiger partial charge in [-0.25, -0.2) is 0 Å². The van der Waals surface area contributed by atoms with Gasteiger partial charge >= 0.3 is 0 Å². The molecule has 0 saturated heterocycles. The maximum Gasteiger partial charge on any atom is 0.264 e. The van der Waals surface area contributed by atoms with Crippen LogP contribution in [0.1, 0.15) is 11.1 Å². The van der Waals surface area contributed by atoms with Crippen molar-refractivity contribution in [1.29, 1.82) is 0 Å². The van der Waals surface area contributed by atoms with E-state index in [1.165, 1.54) is 10.8 Å². The minimum Gasteiger partial charge on any atom is -0.494 e. The number of aliphatic imine (C=N–C) groups is 1. The van der Waals surface area contributed by atoms with Crippen LogP contribution in [0, 0.1) is 11.7 Å². The van der Waals surface area contributed by atoms with Gasteiger partial charge in [-0.15, -0.1) is 6.58 Å². The molecule has 0 aliphatic carbocycles. The smallest absolute Gasteiger partial charge is 0.264 e. The number of benzene rings is 1. The standard InChI is InChI=1S/C15H14BrN3O2S/c1-3-6-19-14(21)11(13(20)18-15(19)22)8-17-12-5-4-10(16)7-9(12)2/h3-5,7-8,21H,1,6H2,2H3,(H,18,20,22). The molecule has 2 aromatic rings. The Hall–Kier alpha value is -1.99. The maximum atomic E-state index is 12.0. The first-order valence-corrected chi connectivity index (χ1v) is 7.61. The molecule has 114 valence electrons. The van der Waals surface area contributed by atoms with Gasteiger partial charge in [-0.3, -0.25) is 19.3 Å². The highest BCUT2D eigenvalue weighted by Crippen LogP contribution is 2.23. The summed E-state index contributed by atoms with van der Waals surface area (Å²) in [5, 5.41) is 10.2. The lowest BCUT2D eigenvalue weighted by atomic mass is 10.2. The molecule has 0 spiro atoms. The van der Waals surface area contributed by atoms with E-state index in [1.807, 2.05) is 25.1 Å². The lowest BCUT2D eigenvalue weighted by Crippen LogP contribution is -2.18. The van der Waals surface area contributed by atoms with Crippen molar-refractivity contribution in [3.63, 3.8) is 0 Å². The van der Waals surface area contributed by atoms with Gasteiger partial charge < -0.3 is 5.11 Å². The maximum absolute atomic E-state index is 12.0. The van der Waals surface area contributed by atoms with E-state index in [0.717, 1.165) is 10.0 Å². The third-order valence-corrected chi connectivity index (χ3v) is 3.83. The number of rotatable bonds is 4. The van der Waals surface area contributed by atoms with Crippen LogP contribution in [0.3, 0.4) is 0 Å². The van der Waals surface area contributed by atoms with Crippen molar-refractivity contribution in [1.82, 2.24) is 9.55 Å². The summed E-state index contributed by atoms with van der Waals surface area (Å²) in [5.74, 6) is -0.229. The summed E-state index contributed by atoms with van der Waals surface area (Å²) < 4.78 is 2.46. The van der Waals surface area contributed by atoms with Crippen LogP contribution >= 0.6 is 28.1 Å². The van der Waals surface area contributed by atoms with Crippen LogP contribution in [0.4, 0.5) is 5.69 Å². The third kappa shape index (κ3) is 3.42. The first-order valence-electron chi connectivity index (χ1n) is 6.41. The largest absolute Gasteiger partial charge is 0.494 e. The third-order valence-electron chi connectivity index (χ3n) is 3.01. The molecule has 0 fully saturated rings. The molecule has 0 unspecified atom stereocenters. The van der Waals surface area contributed by atoms with Crippen molar-refractivity contribution in [3.05, 3.63) is 61.6 Å². The molecular weight excluding hydrogens is 366 g/mol. The molecule has 2 rings (SSSR count). The summed E-state index contributed by atoms with van der Waals surface area (Å²) in [5.41, 5.74) is 1.22. The number of halogens is 1. The molecule has 0 amide bonds. The van der Waals surface area contributed by atoms with Crippen LogP contribution < -0.4 is 5.56 Å². The fourth-order valence-corrected chi connectivity index (χ4v) is 2.62. The van der Waals surface area contributed by atoms with Gasteiger partial charge in [0.25, 0.3) is 5.56 Å². The molecule has 1 heterocycles. The molecule has 1 aromatic carbocycles. The van der Waals surface area contributed by atoms with E-state index >= 15 is 0 Å². The number of nitrogens with zero attached hydrogens (tertiary/aromatic N) is 2. The van der Waals surface area contributed by atoms with Gasteiger partial charge in [0.15, 0.2) is 4.77 Å². The van der Waals surface area contributed by atoms with Gasteiger partial charge in [0.05, 0.1) is 5.69 Å². The minimum atomic E-state index is -0.485. The lowest BCUT2D eigenvalue weighted by molar-refractivity contribution is 0.413. The zero-order chi connectivity index (χ0) is 16.3. The highest BCUT2D eigenvalue weighted by molar-refractivity contribution is 9.10. The average Bonchev–Trinajstić information content (AvgIpc) is 2.45. The summed E-state index contributed by atoms with van der Waals surface area (Å²) in [7, 11) is 0. The Balaban J connectivity index is 2.51. The molecule has 22 heavy (non-hydrogen) atoms. The van der Waals surface area contributed by atoms with E-state index in [2.05, 4.69) is 32.5 Å². The highest BCUT2D eigenvalue weighted by atomic mass is 79.9. The highest BCUT2D eigenvalue weighted by Gasteiger charge is 2.10. The Labute approximate surface area is 140 Å². The normalized spacial score (nSPS) is 11.0. The number of aromatic amines is 1. The van der Waals surface area contributed by atoms with Crippen LogP contribution in [0.2, 0.25) is 0 Å². The number of aromatic hydroxyl groups is 1. The topological polar surface area (TPSA) is 70.4 Å². The van der Waals surface area contributed by atoms with E-state index in [4.69, 9.17) is 12.2 Å². The van der Waals surface area contributed by atoms with Crippen LogP contribution in [0.5, 0.6) is 5.88 Å². The number of aryl methyl sites for hydroxylation is 1. The van der Waals surface area contributed by atoms with Crippen LogP contribution in [-0.2, 0) is 6.54 Å². The first kappa shape index (κ1) is 16.4. The minimum absolute atomic E-state index is 0.0535. The molecule has 0 aliphatic rings. The summed E-state index contributed by atoms with van der Waals surface area (Å²) in [4.78, 5) is 18.7. The summed E-state index contributed by atoms with van der Waals surface area (Å²) in [6.07, 6.45) is 2.91. The van der Waals surface area contributed by atoms with Gasteiger partial charge in [-0.05, 0) is 42.9 Å². The zero-order valence-electron chi connectivity index (χ0n) is 11.8.